The molecular formula is C12H7ClF3NO. The summed E-state index contributed by atoms with van der Waals surface area (Å²) in [6.45, 7) is 1.68. The Morgan fingerprint density at radius 3 is 2.50 bits per heavy atom. The molecule has 94 valence electrons. The highest BCUT2D eigenvalue weighted by atomic mass is 35.5. The molecule has 0 atom stereocenters. The summed E-state index contributed by atoms with van der Waals surface area (Å²) >= 11 is 5.74. The van der Waals surface area contributed by atoms with Crippen molar-refractivity contribution >= 4 is 11.6 Å². The topological polar surface area (TPSA) is 22.1 Å². The number of ether oxygens (including phenoxy) is 1. The molecule has 6 heteroatoms. The van der Waals surface area contributed by atoms with Crippen LogP contribution in [0.4, 0.5) is 13.2 Å². The number of pyridine rings is 1. The second-order valence-corrected chi connectivity index (χ2v) is 4.00. The van der Waals surface area contributed by atoms with Gasteiger partial charge in [-0.25, -0.2) is 8.78 Å². The molecule has 1 aromatic heterocycles. The molecule has 2 rings (SSSR count). The average molecular weight is 274 g/mol. The first-order chi connectivity index (χ1) is 8.47. The van der Waals surface area contributed by atoms with Gasteiger partial charge in [-0.1, -0.05) is 11.6 Å². The van der Waals surface area contributed by atoms with Crippen molar-refractivity contribution in [3.8, 4) is 11.6 Å². The molecule has 2 nitrogen and oxygen atoms in total. The number of hydrogen-bond donors (Lipinski definition) is 0. The van der Waals surface area contributed by atoms with Gasteiger partial charge in [0.1, 0.15) is 5.75 Å². The van der Waals surface area contributed by atoms with Crippen LogP contribution in [0.1, 0.15) is 5.56 Å². The van der Waals surface area contributed by atoms with E-state index in [-0.39, 0.29) is 5.75 Å². The second-order valence-electron chi connectivity index (χ2n) is 3.56. The van der Waals surface area contributed by atoms with Gasteiger partial charge in [-0.2, -0.15) is 9.37 Å². The molecule has 0 unspecified atom stereocenters. The van der Waals surface area contributed by atoms with Gasteiger partial charge < -0.3 is 4.74 Å². The van der Waals surface area contributed by atoms with Crippen LogP contribution in [0.15, 0.2) is 24.3 Å². The molecule has 2 aromatic rings. The van der Waals surface area contributed by atoms with Gasteiger partial charge in [0.05, 0.1) is 0 Å². The van der Waals surface area contributed by atoms with Crippen molar-refractivity contribution < 1.29 is 17.9 Å². The maximum atomic E-state index is 13.3. The summed E-state index contributed by atoms with van der Waals surface area (Å²) in [5, 5.41) is 0.485. The van der Waals surface area contributed by atoms with Gasteiger partial charge in [-0.15, -0.1) is 0 Å². The van der Waals surface area contributed by atoms with Crippen LogP contribution in [0, 0.1) is 24.5 Å². The highest BCUT2D eigenvalue weighted by Crippen LogP contribution is 2.28. The first-order valence-electron chi connectivity index (χ1n) is 4.93. The Bertz CT molecular complexity index is 604. The number of halogens is 4. The van der Waals surface area contributed by atoms with E-state index in [1.807, 2.05) is 0 Å². The lowest BCUT2D eigenvalue weighted by Gasteiger charge is -2.08. The molecule has 0 spiro atoms. The highest BCUT2D eigenvalue weighted by Gasteiger charge is 2.14. The van der Waals surface area contributed by atoms with E-state index in [1.165, 1.54) is 12.1 Å². The quantitative estimate of drug-likeness (QED) is 0.763. The van der Waals surface area contributed by atoms with E-state index in [0.29, 0.717) is 16.7 Å². The SMILES string of the molecule is Cc1cc(Cl)ccc1Oc1nc(F)c(F)cc1F. The fourth-order valence-corrected chi connectivity index (χ4v) is 1.56. The predicted octanol–water partition coefficient (Wildman–Crippen LogP) is 4.25. The van der Waals surface area contributed by atoms with Gasteiger partial charge >= 0.3 is 0 Å². The van der Waals surface area contributed by atoms with Gasteiger partial charge in [0.2, 0.25) is 0 Å². The van der Waals surface area contributed by atoms with Gasteiger partial charge in [0, 0.05) is 11.1 Å². The van der Waals surface area contributed by atoms with E-state index in [9.17, 15) is 13.2 Å². The Kier molecular flexibility index (Phi) is 3.43. The maximum absolute atomic E-state index is 13.3. The summed E-state index contributed by atoms with van der Waals surface area (Å²) < 4.78 is 43.9. The Balaban J connectivity index is 2.37. The van der Waals surface area contributed by atoms with E-state index < -0.39 is 23.5 Å². The van der Waals surface area contributed by atoms with Crippen LogP contribution in [0.2, 0.25) is 5.02 Å². The lowest BCUT2D eigenvalue weighted by Crippen LogP contribution is -1.98. The summed E-state index contributed by atoms with van der Waals surface area (Å²) in [4.78, 5) is 3.06. The Labute approximate surface area is 106 Å². The number of aromatic nitrogens is 1. The van der Waals surface area contributed by atoms with Crippen LogP contribution in [-0.4, -0.2) is 4.98 Å². The normalized spacial score (nSPS) is 10.5. The molecule has 1 aromatic carbocycles. The zero-order valence-electron chi connectivity index (χ0n) is 9.18. The number of rotatable bonds is 2. The lowest BCUT2D eigenvalue weighted by molar-refractivity contribution is 0.385. The molecule has 0 N–H and O–H groups in total. The average Bonchev–Trinajstić information content (AvgIpc) is 2.29. The Morgan fingerprint density at radius 2 is 1.83 bits per heavy atom. The third-order valence-corrected chi connectivity index (χ3v) is 2.43. The maximum Gasteiger partial charge on any atom is 0.258 e. The molecule has 0 aliphatic rings. The monoisotopic (exact) mass is 273 g/mol. The van der Waals surface area contributed by atoms with Crippen molar-refractivity contribution in [3.63, 3.8) is 0 Å². The minimum Gasteiger partial charge on any atom is -0.436 e. The Hall–Kier alpha value is -1.75. The smallest absolute Gasteiger partial charge is 0.258 e. The Morgan fingerprint density at radius 1 is 1.11 bits per heavy atom. The van der Waals surface area contributed by atoms with Crippen molar-refractivity contribution in [2.45, 2.75) is 6.92 Å². The van der Waals surface area contributed by atoms with E-state index in [0.717, 1.165) is 0 Å². The standard InChI is InChI=1S/C12H7ClF3NO/c1-6-4-7(13)2-3-10(6)18-12-9(15)5-8(14)11(16)17-12/h2-5H,1H3. The minimum absolute atomic E-state index is 0.261. The summed E-state index contributed by atoms with van der Waals surface area (Å²) in [5.41, 5.74) is 0.619. The van der Waals surface area contributed by atoms with Crippen molar-refractivity contribution in [2.75, 3.05) is 0 Å². The van der Waals surface area contributed by atoms with Crippen molar-refractivity contribution in [3.05, 3.63) is 52.4 Å². The molecule has 0 saturated heterocycles. The molecule has 0 aliphatic carbocycles. The van der Waals surface area contributed by atoms with E-state index in [2.05, 4.69) is 4.98 Å². The third kappa shape index (κ3) is 2.56. The largest absolute Gasteiger partial charge is 0.436 e. The second kappa shape index (κ2) is 4.86. The summed E-state index contributed by atoms with van der Waals surface area (Å²) in [6, 6.07) is 4.99. The highest BCUT2D eigenvalue weighted by molar-refractivity contribution is 6.30. The van der Waals surface area contributed by atoms with Crippen LogP contribution in [0.5, 0.6) is 11.6 Å². The molecule has 1 heterocycles. The first-order valence-corrected chi connectivity index (χ1v) is 5.30. The van der Waals surface area contributed by atoms with Crippen molar-refractivity contribution in [1.82, 2.24) is 4.98 Å². The van der Waals surface area contributed by atoms with E-state index >= 15 is 0 Å². The zero-order valence-corrected chi connectivity index (χ0v) is 9.93. The summed E-state index contributed by atoms with van der Waals surface area (Å²) in [7, 11) is 0. The van der Waals surface area contributed by atoms with Crippen LogP contribution < -0.4 is 4.74 Å². The molecule has 0 saturated carbocycles. The van der Waals surface area contributed by atoms with Crippen LogP contribution in [-0.2, 0) is 0 Å². The number of benzene rings is 1. The number of aryl methyl sites for hydroxylation is 1. The molecule has 0 aliphatic heterocycles. The molecule has 0 bridgehead atoms. The van der Waals surface area contributed by atoms with E-state index in [1.54, 1.807) is 13.0 Å². The summed E-state index contributed by atoms with van der Waals surface area (Å²) in [6.07, 6.45) is 0. The molecular weight excluding hydrogens is 267 g/mol. The van der Waals surface area contributed by atoms with Gasteiger partial charge in [0.15, 0.2) is 11.6 Å². The third-order valence-electron chi connectivity index (χ3n) is 2.20. The number of hydrogen-bond acceptors (Lipinski definition) is 2. The molecule has 0 radical (unpaired) electrons. The van der Waals surface area contributed by atoms with Gasteiger partial charge in [-0.05, 0) is 30.7 Å². The van der Waals surface area contributed by atoms with Crippen LogP contribution >= 0.6 is 11.6 Å². The van der Waals surface area contributed by atoms with Crippen LogP contribution in [0.3, 0.4) is 0 Å². The van der Waals surface area contributed by atoms with Crippen molar-refractivity contribution in [2.24, 2.45) is 0 Å². The predicted molar refractivity (Wildman–Crippen MR) is 60.4 cm³/mol. The lowest BCUT2D eigenvalue weighted by atomic mass is 10.2. The fourth-order valence-electron chi connectivity index (χ4n) is 1.33. The van der Waals surface area contributed by atoms with Crippen molar-refractivity contribution in [1.29, 1.82) is 0 Å². The molecule has 18 heavy (non-hydrogen) atoms. The molecule has 0 amide bonds. The number of nitrogens with zero attached hydrogens (tertiary/aromatic N) is 1. The van der Waals surface area contributed by atoms with Gasteiger partial charge in [-0.3, -0.25) is 0 Å². The zero-order chi connectivity index (χ0) is 13.3. The summed E-state index contributed by atoms with van der Waals surface area (Å²) in [5.74, 6) is -4.23. The molecule has 0 fully saturated rings. The minimum atomic E-state index is -1.42. The fraction of sp³-hybridized carbons (Fsp3) is 0.0833. The first kappa shape index (κ1) is 12.7. The van der Waals surface area contributed by atoms with Crippen LogP contribution in [0.25, 0.3) is 0 Å². The van der Waals surface area contributed by atoms with E-state index in [4.69, 9.17) is 16.3 Å². The van der Waals surface area contributed by atoms with Gasteiger partial charge in [0.25, 0.3) is 11.8 Å².